The molecule has 0 unspecified atom stereocenters. The molecule has 1 atom stereocenters. The van der Waals surface area contributed by atoms with Crippen molar-refractivity contribution in [3.8, 4) is 5.75 Å². The number of carbonyl (C=O) groups is 1. The first-order chi connectivity index (χ1) is 11.6. The number of hydrogen-bond donors (Lipinski definition) is 3. The molecule has 2 amide bonds. The molecule has 0 saturated carbocycles. The number of urea groups is 1. The quantitative estimate of drug-likeness (QED) is 0.740. The van der Waals surface area contributed by atoms with E-state index < -0.39 is 6.03 Å². The summed E-state index contributed by atoms with van der Waals surface area (Å²) in [6.07, 6.45) is 1.39. The number of benzene rings is 1. The van der Waals surface area contributed by atoms with Gasteiger partial charge in [0.05, 0.1) is 12.6 Å². The van der Waals surface area contributed by atoms with Crippen molar-refractivity contribution in [2.24, 2.45) is 0 Å². The number of fused-ring (bicyclic) bond motifs is 1. The number of hydrogen-bond acceptors (Lipinski definition) is 5. The van der Waals surface area contributed by atoms with E-state index in [0.29, 0.717) is 30.2 Å². The molecule has 126 valence electrons. The van der Waals surface area contributed by atoms with E-state index in [-0.39, 0.29) is 17.0 Å². The van der Waals surface area contributed by atoms with Gasteiger partial charge in [0, 0.05) is 5.56 Å². The highest BCUT2D eigenvalue weighted by Gasteiger charge is 2.22. The highest BCUT2D eigenvalue weighted by atomic mass is 35.5. The molecule has 0 fully saturated rings. The SMILES string of the molecule is O=C(NNc1ccc(Cl)nn1)N[C@@H]1CCCOc2ccc(F)cc21. The summed E-state index contributed by atoms with van der Waals surface area (Å²) in [5, 5.41) is 10.4. The topological polar surface area (TPSA) is 88.2 Å². The lowest BCUT2D eigenvalue weighted by atomic mass is 10.0. The summed E-state index contributed by atoms with van der Waals surface area (Å²) < 4.78 is 19.1. The number of halogens is 2. The Morgan fingerprint density at radius 2 is 2.17 bits per heavy atom. The molecule has 0 saturated heterocycles. The van der Waals surface area contributed by atoms with Crippen LogP contribution in [0.4, 0.5) is 15.0 Å². The first-order valence-corrected chi connectivity index (χ1v) is 7.73. The van der Waals surface area contributed by atoms with Crippen LogP contribution < -0.4 is 20.9 Å². The lowest BCUT2D eigenvalue weighted by molar-refractivity contribution is 0.238. The number of amides is 2. The van der Waals surface area contributed by atoms with Gasteiger partial charge >= 0.3 is 6.03 Å². The van der Waals surface area contributed by atoms with Gasteiger partial charge in [-0.05, 0) is 43.2 Å². The summed E-state index contributed by atoms with van der Waals surface area (Å²) >= 11 is 5.64. The maximum absolute atomic E-state index is 13.5. The molecule has 1 aromatic carbocycles. The molecule has 7 nitrogen and oxygen atoms in total. The molecule has 3 rings (SSSR count). The molecule has 0 bridgehead atoms. The van der Waals surface area contributed by atoms with Crippen molar-refractivity contribution in [2.45, 2.75) is 18.9 Å². The molecular weight excluding hydrogens is 337 g/mol. The second kappa shape index (κ2) is 7.31. The summed E-state index contributed by atoms with van der Waals surface area (Å²) in [4.78, 5) is 12.1. The molecular formula is C15H15ClFN5O2. The third-order valence-electron chi connectivity index (χ3n) is 3.48. The van der Waals surface area contributed by atoms with Crippen LogP contribution >= 0.6 is 11.6 Å². The van der Waals surface area contributed by atoms with Crippen molar-refractivity contribution in [1.82, 2.24) is 20.9 Å². The standard InChI is InChI=1S/C15H15ClFN5O2/c16-13-5-6-14(20-19-13)21-22-15(23)18-11-2-1-7-24-12-4-3-9(17)8-10(11)12/h3-6,8,11H,1-2,7H2,(H,20,21)(H2,18,22,23)/t11-/m1/s1. The van der Waals surface area contributed by atoms with E-state index in [2.05, 4.69) is 26.4 Å². The highest BCUT2D eigenvalue weighted by Crippen LogP contribution is 2.31. The zero-order valence-electron chi connectivity index (χ0n) is 12.6. The van der Waals surface area contributed by atoms with Crippen molar-refractivity contribution in [2.75, 3.05) is 12.0 Å². The molecule has 2 heterocycles. The normalized spacial score (nSPS) is 16.3. The van der Waals surface area contributed by atoms with Crippen LogP contribution in [-0.2, 0) is 0 Å². The number of nitrogens with zero attached hydrogens (tertiary/aromatic N) is 2. The predicted octanol–water partition coefficient (Wildman–Crippen LogP) is 2.81. The average molecular weight is 352 g/mol. The van der Waals surface area contributed by atoms with Crippen LogP contribution in [0.15, 0.2) is 30.3 Å². The van der Waals surface area contributed by atoms with E-state index in [1.807, 2.05) is 0 Å². The molecule has 0 aliphatic carbocycles. The Balaban J connectivity index is 1.63. The van der Waals surface area contributed by atoms with Crippen LogP contribution in [0.25, 0.3) is 0 Å². The van der Waals surface area contributed by atoms with Gasteiger partial charge < -0.3 is 10.1 Å². The van der Waals surface area contributed by atoms with Crippen molar-refractivity contribution in [3.05, 3.63) is 46.9 Å². The molecule has 1 aliphatic heterocycles. The fourth-order valence-corrected chi connectivity index (χ4v) is 2.50. The van der Waals surface area contributed by atoms with Crippen molar-refractivity contribution in [1.29, 1.82) is 0 Å². The molecule has 1 aliphatic rings. The Hall–Kier alpha value is -2.61. The first-order valence-electron chi connectivity index (χ1n) is 7.36. The van der Waals surface area contributed by atoms with Crippen LogP contribution in [0, 0.1) is 5.82 Å². The predicted molar refractivity (Wildman–Crippen MR) is 86.2 cm³/mol. The van der Waals surface area contributed by atoms with Crippen molar-refractivity contribution in [3.63, 3.8) is 0 Å². The van der Waals surface area contributed by atoms with Crippen LogP contribution in [0.2, 0.25) is 5.15 Å². The molecule has 3 N–H and O–H groups in total. The summed E-state index contributed by atoms with van der Waals surface area (Å²) in [6.45, 7) is 0.525. The van der Waals surface area contributed by atoms with Crippen LogP contribution in [-0.4, -0.2) is 22.8 Å². The average Bonchev–Trinajstić information content (AvgIpc) is 2.77. The third kappa shape index (κ3) is 4.02. The Labute approximate surface area is 142 Å². The van der Waals surface area contributed by atoms with Gasteiger partial charge in [0.1, 0.15) is 11.6 Å². The van der Waals surface area contributed by atoms with Crippen molar-refractivity contribution >= 4 is 23.4 Å². The monoisotopic (exact) mass is 351 g/mol. The molecule has 0 spiro atoms. The minimum Gasteiger partial charge on any atom is -0.493 e. The zero-order chi connectivity index (χ0) is 16.9. The van der Waals surface area contributed by atoms with E-state index in [1.165, 1.54) is 18.2 Å². The number of carbonyl (C=O) groups excluding carboxylic acids is 1. The third-order valence-corrected chi connectivity index (χ3v) is 3.68. The fraction of sp³-hybridized carbons (Fsp3) is 0.267. The van der Waals surface area contributed by atoms with E-state index in [9.17, 15) is 9.18 Å². The Bertz CT molecular complexity index is 728. The van der Waals surface area contributed by atoms with Crippen LogP contribution in [0.5, 0.6) is 5.75 Å². The smallest absolute Gasteiger partial charge is 0.333 e. The molecule has 24 heavy (non-hydrogen) atoms. The lowest BCUT2D eigenvalue weighted by Gasteiger charge is -2.19. The fourth-order valence-electron chi connectivity index (χ4n) is 2.40. The number of nitrogens with one attached hydrogen (secondary N) is 3. The van der Waals surface area contributed by atoms with Gasteiger partial charge in [-0.1, -0.05) is 11.6 Å². The lowest BCUT2D eigenvalue weighted by Crippen LogP contribution is -2.41. The van der Waals surface area contributed by atoms with Gasteiger partial charge in [-0.3, -0.25) is 10.9 Å². The molecule has 0 radical (unpaired) electrons. The summed E-state index contributed by atoms with van der Waals surface area (Å²) in [7, 11) is 0. The van der Waals surface area contributed by atoms with E-state index in [4.69, 9.17) is 16.3 Å². The number of rotatable bonds is 3. The molecule has 2 aromatic rings. The summed E-state index contributed by atoms with van der Waals surface area (Å²) in [5.41, 5.74) is 5.68. The van der Waals surface area contributed by atoms with E-state index >= 15 is 0 Å². The summed E-state index contributed by atoms with van der Waals surface area (Å²) in [6, 6.07) is 6.57. The van der Waals surface area contributed by atoms with Gasteiger partial charge in [0.25, 0.3) is 0 Å². The zero-order valence-corrected chi connectivity index (χ0v) is 13.3. The number of anilines is 1. The Morgan fingerprint density at radius 3 is 2.96 bits per heavy atom. The van der Waals surface area contributed by atoms with Gasteiger partial charge in [0.15, 0.2) is 11.0 Å². The van der Waals surface area contributed by atoms with Crippen LogP contribution in [0.3, 0.4) is 0 Å². The maximum Gasteiger partial charge on any atom is 0.333 e. The van der Waals surface area contributed by atoms with Gasteiger partial charge in [-0.15, -0.1) is 10.2 Å². The number of hydrazine groups is 1. The minimum absolute atomic E-state index is 0.252. The number of aromatic nitrogens is 2. The van der Waals surface area contributed by atoms with E-state index in [1.54, 1.807) is 12.1 Å². The second-order valence-corrected chi connectivity index (χ2v) is 5.58. The highest BCUT2D eigenvalue weighted by molar-refractivity contribution is 6.29. The second-order valence-electron chi connectivity index (χ2n) is 5.19. The first kappa shape index (κ1) is 16.3. The largest absolute Gasteiger partial charge is 0.493 e. The van der Waals surface area contributed by atoms with Gasteiger partial charge in [-0.2, -0.15) is 0 Å². The van der Waals surface area contributed by atoms with Gasteiger partial charge in [0.2, 0.25) is 0 Å². The number of ether oxygens (including phenoxy) is 1. The van der Waals surface area contributed by atoms with Gasteiger partial charge in [-0.25, -0.2) is 9.18 Å². The maximum atomic E-state index is 13.5. The Kier molecular flexibility index (Phi) is 4.95. The van der Waals surface area contributed by atoms with E-state index in [0.717, 1.165) is 6.42 Å². The van der Waals surface area contributed by atoms with Crippen LogP contribution in [0.1, 0.15) is 24.4 Å². The summed E-state index contributed by atoms with van der Waals surface area (Å²) in [5.74, 6) is 0.543. The molecule has 9 heteroatoms. The molecule has 1 aromatic heterocycles. The van der Waals surface area contributed by atoms with Crippen molar-refractivity contribution < 1.29 is 13.9 Å². The Morgan fingerprint density at radius 1 is 1.29 bits per heavy atom. The minimum atomic E-state index is -0.478.